The number of carbonyl (C=O) groups is 1. The van der Waals surface area contributed by atoms with Crippen molar-refractivity contribution in [1.82, 2.24) is 4.90 Å². The minimum Gasteiger partial charge on any atom is -0.491 e. The molecule has 1 amide bonds. The first-order valence-corrected chi connectivity index (χ1v) is 7.22. The molecule has 0 unspecified atom stereocenters. The fourth-order valence-electron chi connectivity index (χ4n) is 1.84. The molecular formula is C14H20Cl2N2O2. The molecule has 1 aromatic carbocycles. The summed E-state index contributed by atoms with van der Waals surface area (Å²) in [5, 5.41) is 1.08. The van der Waals surface area contributed by atoms with Gasteiger partial charge in [0.2, 0.25) is 5.91 Å². The molecule has 20 heavy (non-hydrogen) atoms. The molecule has 112 valence electrons. The first kappa shape index (κ1) is 17.1. The van der Waals surface area contributed by atoms with Gasteiger partial charge < -0.3 is 10.5 Å². The van der Waals surface area contributed by atoms with Gasteiger partial charge in [-0.25, -0.2) is 0 Å². The van der Waals surface area contributed by atoms with Gasteiger partial charge in [-0.1, -0.05) is 37.0 Å². The number of benzene rings is 1. The fraction of sp³-hybridized carbons (Fsp3) is 0.500. The van der Waals surface area contributed by atoms with Gasteiger partial charge in [0.05, 0.1) is 11.6 Å². The van der Waals surface area contributed by atoms with E-state index in [-0.39, 0.29) is 12.5 Å². The smallest absolute Gasteiger partial charge is 0.231 e. The highest BCUT2D eigenvalue weighted by Gasteiger charge is 2.11. The zero-order valence-corrected chi connectivity index (χ0v) is 13.2. The van der Waals surface area contributed by atoms with Crippen molar-refractivity contribution in [2.75, 3.05) is 26.2 Å². The number of hydrogen-bond donors (Lipinski definition) is 1. The average molecular weight is 319 g/mol. The minimum atomic E-state index is -0.341. The van der Waals surface area contributed by atoms with E-state index in [1.54, 1.807) is 18.2 Å². The highest BCUT2D eigenvalue weighted by molar-refractivity contribution is 6.34. The molecule has 4 nitrogen and oxygen atoms in total. The second-order valence-corrected chi connectivity index (χ2v) is 5.86. The summed E-state index contributed by atoms with van der Waals surface area (Å²) in [6.07, 6.45) is 0. The molecule has 0 saturated carbocycles. The zero-order chi connectivity index (χ0) is 15.1. The predicted molar refractivity (Wildman–Crippen MR) is 82.4 cm³/mol. The van der Waals surface area contributed by atoms with Crippen molar-refractivity contribution < 1.29 is 9.53 Å². The Morgan fingerprint density at radius 2 is 2.10 bits per heavy atom. The van der Waals surface area contributed by atoms with Crippen molar-refractivity contribution in [2.24, 2.45) is 11.7 Å². The van der Waals surface area contributed by atoms with Crippen molar-refractivity contribution in [3.05, 3.63) is 28.2 Å². The van der Waals surface area contributed by atoms with Crippen LogP contribution in [0.15, 0.2) is 18.2 Å². The normalized spacial score (nSPS) is 11.1. The van der Waals surface area contributed by atoms with Crippen LogP contribution < -0.4 is 10.5 Å². The van der Waals surface area contributed by atoms with Gasteiger partial charge >= 0.3 is 0 Å². The van der Waals surface area contributed by atoms with Crippen molar-refractivity contribution in [1.29, 1.82) is 0 Å². The SMILES string of the molecule is CC(C)CN(CCOc1cc(Cl)ccc1Cl)CC(N)=O. The predicted octanol–water partition coefficient (Wildman–Crippen LogP) is 2.82. The molecule has 1 rings (SSSR count). The van der Waals surface area contributed by atoms with Gasteiger partial charge in [0.25, 0.3) is 0 Å². The fourth-order valence-corrected chi connectivity index (χ4v) is 2.18. The highest BCUT2D eigenvalue weighted by Crippen LogP contribution is 2.27. The highest BCUT2D eigenvalue weighted by atomic mass is 35.5. The van der Waals surface area contributed by atoms with E-state index in [0.29, 0.717) is 34.9 Å². The molecule has 0 atom stereocenters. The minimum absolute atomic E-state index is 0.227. The molecule has 0 aromatic heterocycles. The maximum Gasteiger partial charge on any atom is 0.231 e. The quantitative estimate of drug-likeness (QED) is 0.801. The Kier molecular flexibility index (Phi) is 7.13. The molecule has 0 bridgehead atoms. The van der Waals surface area contributed by atoms with Crippen LogP contribution in [0.25, 0.3) is 0 Å². The molecule has 0 heterocycles. The second-order valence-electron chi connectivity index (χ2n) is 5.02. The van der Waals surface area contributed by atoms with Gasteiger partial charge in [-0.2, -0.15) is 0 Å². The lowest BCUT2D eigenvalue weighted by atomic mass is 10.2. The number of nitrogens with zero attached hydrogens (tertiary/aromatic N) is 1. The Bertz CT molecular complexity index is 453. The van der Waals surface area contributed by atoms with Gasteiger partial charge in [-0.3, -0.25) is 9.69 Å². The van der Waals surface area contributed by atoms with Crippen LogP contribution in [-0.4, -0.2) is 37.0 Å². The third-order valence-electron chi connectivity index (χ3n) is 2.56. The Morgan fingerprint density at radius 3 is 2.70 bits per heavy atom. The third-order valence-corrected chi connectivity index (χ3v) is 3.11. The van der Waals surface area contributed by atoms with Crippen LogP contribution in [0, 0.1) is 5.92 Å². The van der Waals surface area contributed by atoms with Gasteiger partial charge in [0.1, 0.15) is 12.4 Å². The number of amides is 1. The van der Waals surface area contributed by atoms with Crippen molar-refractivity contribution in [2.45, 2.75) is 13.8 Å². The molecule has 0 spiro atoms. The summed E-state index contributed by atoms with van der Waals surface area (Å²) in [5.41, 5.74) is 5.24. The summed E-state index contributed by atoms with van der Waals surface area (Å²) >= 11 is 11.9. The van der Waals surface area contributed by atoms with Crippen LogP contribution >= 0.6 is 23.2 Å². The van der Waals surface area contributed by atoms with Crippen LogP contribution in [0.1, 0.15) is 13.8 Å². The van der Waals surface area contributed by atoms with E-state index < -0.39 is 0 Å². The maximum absolute atomic E-state index is 11.0. The standard InChI is InChI=1S/C14H20Cl2N2O2/c1-10(2)8-18(9-14(17)19)5-6-20-13-7-11(15)3-4-12(13)16/h3-4,7,10H,5-6,8-9H2,1-2H3,(H2,17,19). The van der Waals surface area contributed by atoms with Crippen LogP contribution in [0.5, 0.6) is 5.75 Å². The molecule has 0 aliphatic rings. The lowest BCUT2D eigenvalue weighted by Crippen LogP contribution is -2.38. The topological polar surface area (TPSA) is 55.6 Å². The molecule has 0 aliphatic carbocycles. The third kappa shape index (κ3) is 6.46. The van der Waals surface area contributed by atoms with Crippen molar-refractivity contribution in [3.63, 3.8) is 0 Å². The van der Waals surface area contributed by atoms with Gasteiger partial charge in [0, 0.05) is 24.2 Å². The number of hydrogen-bond acceptors (Lipinski definition) is 3. The number of primary amides is 1. The van der Waals surface area contributed by atoms with E-state index in [2.05, 4.69) is 13.8 Å². The molecule has 2 N–H and O–H groups in total. The van der Waals surface area contributed by atoms with E-state index in [0.717, 1.165) is 6.54 Å². The van der Waals surface area contributed by atoms with Crippen molar-refractivity contribution >= 4 is 29.1 Å². The molecule has 0 aliphatic heterocycles. The van der Waals surface area contributed by atoms with E-state index in [1.807, 2.05) is 4.90 Å². The number of rotatable bonds is 8. The molecule has 0 radical (unpaired) electrons. The van der Waals surface area contributed by atoms with Crippen LogP contribution in [0.3, 0.4) is 0 Å². The number of nitrogens with two attached hydrogens (primary N) is 1. The number of carbonyl (C=O) groups excluding carboxylic acids is 1. The molecule has 1 aromatic rings. The van der Waals surface area contributed by atoms with Gasteiger partial charge in [-0.05, 0) is 18.1 Å². The van der Waals surface area contributed by atoms with Crippen LogP contribution in [-0.2, 0) is 4.79 Å². The first-order chi connectivity index (χ1) is 9.38. The van der Waals surface area contributed by atoms with E-state index in [9.17, 15) is 4.79 Å². The maximum atomic E-state index is 11.0. The van der Waals surface area contributed by atoms with E-state index in [1.165, 1.54) is 0 Å². The lowest BCUT2D eigenvalue weighted by molar-refractivity contribution is -0.119. The lowest BCUT2D eigenvalue weighted by Gasteiger charge is -2.22. The second kappa shape index (κ2) is 8.35. The van der Waals surface area contributed by atoms with Gasteiger partial charge in [-0.15, -0.1) is 0 Å². The summed E-state index contributed by atoms with van der Waals surface area (Å²) in [6.45, 7) is 6.20. The van der Waals surface area contributed by atoms with E-state index >= 15 is 0 Å². The first-order valence-electron chi connectivity index (χ1n) is 6.47. The molecule has 0 fully saturated rings. The molecular weight excluding hydrogens is 299 g/mol. The van der Waals surface area contributed by atoms with E-state index in [4.69, 9.17) is 33.7 Å². The van der Waals surface area contributed by atoms with Crippen molar-refractivity contribution in [3.8, 4) is 5.75 Å². The van der Waals surface area contributed by atoms with Crippen LogP contribution in [0.4, 0.5) is 0 Å². The summed E-state index contributed by atoms with van der Waals surface area (Å²) in [6, 6.07) is 5.06. The Labute approximate surface area is 129 Å². The monoisotopic (exact) mass is 318 g/mol. The average Bonchev–Trinajstić information content (AvgIpc) is 2.32. The zero-order valence-electron chi connectivity index (χ0n) is 11.7. The number of halogens is 2. The molecule has 6 heteroatoms. The summed E-state index contributed by atoms with van der Waals surface area (Å²) in [5.74, 6) is 0.651. The summed E-state index contributed by atoms with van der Waals surface area (Å²) in [4.78, 5) is 13.0. The Balaban J connectivity index is 2.50. The number of ether oxygens (including phenoxy) is 1. The summed E-state index contributed by atoms with van der Waals surface area (Å²) < 4.78 is 5.60. The Hall–Kier alpha value is -0.970. The van der Waals surface area contributed by atoms with Crippen LogP contribution in [0.2, 0.25) is 10.0 Å². The molecule has 0 saturated heterocycles. The largest absolute Gasteiger partial charge is 0.491 e. The summed E-state index contributed by atoms with van der Waals surface area (Å²) in [7, 11) is 0. The van der Waals surface area contributed by atoms with Gasteiger partial charge in [0.15, 0.2) is 0 Å². The Morgan fingerprint density at radius 1 is 1.40 bits per heavy atom.